The highest BCUT2D eigenvalue weighted by Crippen LogP contribution is 2.39. The molecule has 0 spiro atoms. The van der Waals surface area contributed by atoms with E-state index in [-0.39, 0.29) is 5.04 Å². The van der Waals surface area contributed by atoms with E-state index in [4.69, 9.17) is 9.16 Å². The molecule has 0 fully saturated rings. The van der Waals surface area contributed by atoms with Crippen LogP contribution in [0.25, 0.3) is 0 Å². The molecule has 1 aliphatic heterocycles. The second-order valence-electron chi connectivity index (χ2n) is 6.31. The SMILES string of the molecule is C=CCC1=COCC=C(O[Si](C)(C)C(C)(C)C)C1. The van der Waals surface area contributed by atoms with E-state index in [2.05, 4.69) is 46.5 Å². The summed E-state index contributed by atoms with van der Waals surface area (Å²) >= 11 is 0. The summed E-state index contributed by atoms with van der Waals surface area (Å²) in [6.07, 6.45) is 7.52. The van der Waals surface area contributed by atoms with Gasteiger partial charge in [0, 0.05) is 6.42 Å². The van der Waals surface area contributed by atoms with Crippen LogP contribution in [0.2, 0.25) is 18.1 Å². The van der Waals surface area contributed by atoms with Gasteiger partial charge in [0.25, 0.3) is 0 Å². The normalized spacial score (nSPS) is 17.2. The van der Waals surface area contributed by atoms with Crippen molar-refractivity contribution < 1.29 is 9.16 Å². The largest absolute Gasteiger partial charge is 0.546 e. The first-order chi connectivity index (χ1) is 8.26. The molecule has 0 aromatic carbocycles. The van der Waals surface area contributed by atoms with Crippen molar-refractivity contribution in [1.29, 1.82) is 0 Å². The molecule has 2 nitrogen and oxygen atoms in total. The molecular formula is C15H26O2Si. The molecular weight excluding hydrogens is 240 g/mol. The van der Waals surface area contributed by atoms with E-state index >= 15 is 0 Å². The van der Waals surface area contributed by atoms with Crippen LogP contribution in [-0.4, -0.2) is 14.9 Å². The van der Waals surface area contributed by atoms with Gasteiger partial charge in [0.2, 0.25) is 8.32 Å². The number of ether oxygens (including phenoxy) is 1. The Morgan fingerprint density at radius 3 is 2.67 bits per heavy atom. The lowest BCUT2D eigenvalue weighted by molar-refractivity contribution is 0.285. The van der Waals surface area contributed by atoms with Crippen molar-refractivity contribution >= 4 is 8.32 Å². The zero-order valence-corrected chi connectivity index (χ0v) is 13.4. The van der Waals surface area contributed by atoms with Crippen LogP contribution in [0, 0.1) is 0 Å². The summed E-state index contributed by atoms with van der Waals surface area (Å²) in [4.78, 5) is 0. The van der Waals surface area contributed by atoms with Gasteiger partial charge in [-0.15, -0.1) is 6.58 Å². The molecule has 0 aromatic rings. The number of hydrogen-bond acceptors (Lipinski definition) is 2. The van der Waals surface area contributed by atoms with Gasteiger partial charge in [0.05, 0.1) is 12.0 Å². The van der Waals surface area contributed by atoms with E-state index in [1.807, 2.05) is 12.3 Å². The maximum atomic E-state index is 6.34. The zero-order valence-electron chi connectivity index (χ0n) is 12.4. The molecule has 18 heavy (non-hydrogen) atoms. The van der Waals surface area contributed by atoms with E-state index < -0.39 is 8.32 Å². The summed E-state index contributed by atoms with van der Waals surface area (Å²) in [5.41, 5.74) is 1.23. The third-order valence-electron chi connectivity index (χ3n) is 3.66. The van der Waals surface area contributed by atoms with Gasteiger partial charge in [0.15, 0.2) is 0 Å². The smallest absolute Gasteiger partial charge is 0.250 e. The number of rotatable bonds is 4. The molecule has 0 N–H and O–H groups in total. The monoisotopic (exact) mass is 266 g/mol. The molecule has 1 heterocycles. The van der Waals surface area contributed by atoms with Crippen molar-refractivity contribution in [3.8, 4) is 0 Å². The van der Waals surface area contributed by atoms with Crippen molar-refractivity contribution in [2.24, 2.45) is 0 Å². The van der Waals surface area contributed by atoms with Gasteiger partial charge >= 0.3 is 0 Å². The van der Waals surface area contributed by atoms with Gasteiger partial charge in [-0.25, -0.2) is 0 Å². The summed E-state index contributed by atoms with van der Waals surface area (Å²) in [5, 5.41) is 0.226. The first-order valence-corrected chi connectivity index (χ1v) is 9.45. The highest BCUT2D eigenvalue weighted by molar-refractivity contribution is 6.74. The molecule has 1 aliphatic rings. The van der Waals surface area contributed by atoms with Crippen LogP contribution in [-0.2, 0) is 9.16 Å². The fourth-order valence-corrected chi connectivity index (χ4v) is 2.63. The Balaban J connectivity index is 2.75. The van der Waals surface area contributed by atoms with E-state index in [1.54, 1.807) is 0 Å². The van der Waals surface area contributed by atoms with Crippen LogP contribution in [0.4, 0.5) is 0 Å². The summed E-state index contributed by atoms with van der Waals surface area (Å²) in [7, 11) is -1.74. The van der Waals surface area contributed by atoms with Crippen LogP contribution in [0.5, 0.6) is 0 Å². The van der Waals surface area contributed by atoms with E-state index in [0.717, 1.165) is 18.6 Å². The fourth-order valence-electron chi connectivity index (χ4n) is 1.51. The molecule has 0 saturated heterocycles. The number of hydrogen-bond donors (Lipinski definition) is 0. The molecule has 0 unspecified atom stereocenters. The van der Waals surface area contributed by atoms with E-state index in [9.17, 15) is 0 Å². The van der Waals surface area contributed by atoms with Crippen LogP contribution in [0.1, 0.15) is 33.6 Å². The highest BCUT2D eigenvalue weighted by atomic mass is 28.4. The van der Waals surface area contributed by atoms with Crippen molar-refractivity contribution in [3.05, 3.63) is 36.3 Å². The minimum absolute atomic E-state index is 0.226. The molecule has 0 bridgehead atoms. The molecule has 0 aliphatic carbocycles. The third kappa shape index (κ3) is 4.05. The first-order valence-electron chi connectivity index (χ1n) is 6.55. The summed E-state index contributed by atoms with van der Waals surface area (Å²) in [6.45, 7) is 15.7. The molecule has 0 saturated carbocycles. The van der Waals surface area contributed by atoms with E-state index in [1.165, 1.54) is 5.57 Å². The maximum Gasteiger partial charge on any atom is 0.250 e. The molecule has 1 rings (SSSR count). The summed E-state index contributed by atoms with van der Waals surface area (Å²) in [6, 6.07) is 0. The van der Waals surface area contributed by atoms with Gasteiger partial charge < -0.3 is 9.16 Å². The van der Waals surface area contributed by atoms with Gasteiger partial charge in [0.1, 0.15) is 6.61 Å². The molecule has 0 radical (unpaired) electrons. The van der Waals surface area contributed by atoms with Gasteiger partial charge in [-0.1, -0.05) is 26.8 Å². The second kappa shape index (κ2) is 5.78. The van der Waals surface area contributed by atoms with Crippen LogP contribution < -0.4 is 0 Å². The topological polar surface area (TPSA) is 18.5 Å². The lowest BCUT2D eigenvalue weighted by atomic mass is 10.1. The molecule has 0 amide bonds. The average Bonchev–Trinajstić information content (AvgIpc) is 2.41. The molecule has 102 valence electrons. The highest BCUT2D eigenvalue weighted by Gasteiger charge is 2.39. The standard InChI is InChI=1S/C15H26O2Si/c1-7-8-13-11-14(9-10-16-12-13)17-18(5,6)15(2,3)4/h7,9,12H,1,8,10-11H2,2-6H3. The van der Waals surface area contributed by atoms with Gasteiger partial charge in [-0.05, 0) is 36.2 Å². The summed E-state index contributed by atoms with van der Waals surface area (Å²) < 4.78 is 11.8. The van der Waals surface area contributed by atoms with Crippen molar-refractivity contribution in [1.82, 2.24) is 0 Å². The minimum atomic E-state index is -1.74. The second-order valence-corrected chi connectivity index (χ2v) is 11.0. The molecule has 0 aromatic heterocycles. The van der Waals surface area contributed by atoms with Crippen molar-refractivity contribution in [3.63, 3.8) is 0 Å². The Hall–Kier alpha value is -0.963. The molecule has 3 heteroatoms. The lowest BCUT2D eigenvalue weighted by Crippen LogP contribution is -2.40. The fraction of sp³-hybridized carbons (Fsp3) is 0.600. The van der Waals surface area contributed by atoms with Crippen molar-refractivity contribution in [2.45, 2.75) is 51.7 Å². The number of allylic oxidation sites excluding steroid dienone is 2. The molecule has 0 atom stereocenters. The average molecular weight is 266 g/mol. The van der Waals surface area contributed by atoms with Crippen molar-refractivity contribution in [2.75, 3.05) is 6.61 Å². The Bertz CT molecular complexity index is 359. The van der Waals surface area contributed by atoms with Crippen LogP contribution >= 0.6 is 0 Å². The Kier molecular flexibility index (Phi) is 4.85. The maximum absolute atomic E-state index is 6.34. The zero-order chi connectivity index (χ0) is 13.8. The van der Waals surface area contributed by atoms with Crippen LogP contribution in [0.15, 0.2) is 36.3 Å². The predicted octanol–water partition coefficient (Wildman–Crippen LogP) is 4.77. The third-order valence-corrected chi connectivity index (χ3v) is 8.04. The van der Waals surface area contributed by atoms with Gasteiger partial charge in [-0.2, -0.15) is 0 Å². The van der Waals surface area contributed by atoms with Crippen LogP contribution in [0.3, 0.4) is 0 Å². The minimum Gasteiger partial charge on any atom is -0.546 e. The summed E-state index contributed by atoms with van der Waals surface area (Å²) in [5.74, 6) is 1.06. The lowest BCUT2D eigenvalue weighted by Gasteiger charge is -2.37. The predicted molar refractivity (Wildman–Crippen MR) is 79.8 cm³/mol. The van der Waals surface area contributed by atoms with E-state index in [0.29, 0.717) is 6.61 Å². The first kappa shape index (κ1) is 15.1. The quantitative estimate of drug-likeness (QED) is 0.539. The van der Waals surface area contributed by atoms with Gasteiger partial charge in [-0.3, -0.25) is 0 Å². The Morgan fingerprint density at radius 2 is 2.11 bits per heavy atom. The Morgan fingerprint density at radius 1 is 1.44 bits per heavy atom. The Labute approximate surface area is 113 Å².